The summed E-state index contributed by atoms with van der Waals surface area (Å²) in [6, 6.07) is 7.18. The molecule has 0 bridgehead atoms. The predicted molar refractivity (Wildman–Crippen MR) is 69.3 cm³/mol. The highest BCUT2D eigenvalue weighted by Crippen LogP contribution is 2.13. The number of hydrogen-bond acceptors (Lipinski definition) is 4. The van der Waals surface area contributed by atoms with Crippen LogP contribution in [0.4, 0.5) is 0 Å². The van der Waals surface area contributed by atoms with Crippen molar-refractivity contribution in [2.24, 2.45) is 0 Å². The second-order valence-electron chi connectivity index (χ2n) is 3.75. The summed E-state index contributed by atoms with van der Waals surface area (Å²) < 4.78 is 15.6. The van der Waals surface area contributed by atoms with Crippen molar-refractivity contribution < 1.29 is 19.0 Å². The van der Waals surface area contributed by atoms with Crippen LogP contribution >= 0.6 is 0 Å². The Kier molecular flexibility index (Phi) is 7.06. The Hall–Kier alpha value is -1.39. The Morgan fingerprint density at radius 3 is 2.33 bits per heavy atom. The van der Waals surface area contributed by atoms with E-state index in [0.29, 0.717) is 32.8 Å². The maximum atomic E-state index is 11.4. The average Bonchev–Trinajstić information content (AvgIpc) is 2.42. The number of methoxy groups -OCH3 is 1. The number of carbonyl (C=O) groups is 1. The van der Waals surface area contributed by atoms with Gasteiger partial charge >= 0.3 is 0 Å². The van der Waals surface area contributed by atoms with E-state index in [1.165, 1.54) is 0 Å². The van der Waals surface area contributed by atoms with Gasteiger partial charge in [-0.1, -0.05) is 6.92 Å². The largest absolute Gasteiger partial charge is 0.491 e. The third-order valence-electron chi connectivity index (χ3n) is 2.43. The number of carbonyl (C=O) groups excluding carboxylic acids is 1. The van der Waals surface area contributed by atoms with Gasteiger partial charge in [0.15, 0.2) is 5.78 Å². The maximum absolute atomic E-state index is 11.4. The van der Waals surface area contributed by atoms with Crippen LogP contribution < -0.4 is 4.74 Å². The molecule has 0 aliphatic rings. The highest BCUT2D eigenvalue weighted by atomic mass is 16.5. The number of benzene rings is 1. The zero-order valence-corrected chi connectivity index (χ0v) is 11.0. The first-order valence-corrected chi connectivity index (χ1v) is 6.10. The fraction of sp³-hybridized carbons (Fsp3) is 0.500. The topological polar surface area (TPSA) is 44.8 Å². The third-order valence-corrected chi connectivity index (χ3v) is 2.43. The standard InChI is InChI=1S/C14H20O4/c1-3-14(15)12-4-6-13(7-5-12)18-11-10-17-9-8-16-2/h4-7H,3,8-11H2,1-2H3. The minimum Gasteiger partial charge on any atom is -0.491 e. The Labute approximate surface area is 108 Å². The van der Waals surface area contributed by atoms with Crippen molar-refractivity contribution in [3.05, 3.63) is 29.8 Å². The van der Waals surface area contributed by atoms with Gasteiger partial charge in [0.2, 0.25) is 0 Å². The van der Waals surface area contributed by atoms with Gasteiger partial charge in [0.05, 0.1) is 19.8 Å². The lowest BCUT2D eigenvalue weighted by molar-refractivity contribution is 0.0544. The minimum atomic E-state index is 0.143. The van der Waals surface area contributed by atoms with Gasteiger partial charge in [-0.3, -0.25) is 4.79 Å². The van der Waals surface area contributed by atoms with Crippen molar-refractivity contribution in [3.8, 4) is 5.75 Å². The Morgan fingerprint density at radius 2 is 1.72 bits per heavy atom. The smallest absolute Gasteiger partial charge is 0.162 e. The SMILES string of the molecule is CCC(=O)c1ccc(OCCOCCOC)cc1. The lowest BCUT2D eigenvalue weighted by atomic mass is 10.1. The van der Waals surface area contributed by atoms with Crippen molar-refractivity contribution in [1.29, 1.82) is 0 Å². The molecule has 0 saturated heterocycles. The molecule has 0 aliphatic carbocycles. The summed E-state index contributed by atoms with van der Waals surface area (Å²) in [5.74, 6) is 0.891. The number of hydrogen-bond donors (Lipinski definition) is 0. The normalized spacial score (nSPS) is 10.3. The van der Waals surface area contributed by atoms with Gasteiger partial charge in [0.25, 0.3) is 0 Å². The van der Waals surface area contributed by atoms with Gasteiger partial charge in [0.1, 0.15) is 12.4 Å². The van der Waals surface area contributed by atoms with E-state index < -0.39 is 0 Å². The molecule has 0 unspecified atom stereocenters. The van der Waals surface area contributed by atoms with Crippen LogP contribution in [0, 0.1) is 0 Å². The highest BCUT2D eigenvalue weighted by molar-refractivity contribution is 5.95. The molecule has 0 aromatic heterocycles. The van der Waals surface area contributed by atoms with Gasteiger partial charge in [0, 0.05) is 19.1 Å². The first-order valence-electron chi connectivity index (χ1n) is 6.10. The molecule has 0 fully saturated rings. The van der Waals surface area contributed by atoms with Crippen LogP contribution in [0.3, 0.4) is 0 Å². The summed E-state index contributed by atoms with van der Waals surface area (Å²) >= 11 is 0. The average molecular weight is 252 g/mol. The minimum absolute atomic E-state index is 0.143. The highest BCUT2D eigenvalue weighted by Gasteiger charge is 2.02. The molecule has 1 aromatic rings. The van der Waals surface area contributed by atoms with Crippen LogP contribution in [0.5, 0.6) is 5.75 Å². The molecule has 0 heterocycles. The molecule has 4 heteroatoms. The summed E-state index contributed by atoms with van der Waals surface area (Å²) in [7, 11) is 1.64. The Bertz CT molecular complexity index is 345. The summed E-state index contributed by atoms with van der Waals surface area (Å²) in [5, 5.41) is 0. The molecular weight excluding hydrogens is 232 g/mol. The van der Waals surface area contributed by atoms with Gasteiger partial charge in [-0.2, -0.15) is 0 Å². The van der Waals surface area contributed by atoms with E-state index in [1.54, 1.807) is 31.4 Å². The van der Waals surface area contributed by atoms with Crippen molar-refractivity contribution in [2.45, 2.75) is 13.3 Å². The molecule has 4 nitrogen and oxygen atoms in total. The van der Waals surface area contributed by atoms with E-state index in [4.69, 9.17) is 14.2 Å². The molecule has 0 amide bonds. The molecule has 0 N–H and O–H groups in total. The van der Waals surface area contributed by atoms with E-state index in [1.807, 2.05) is 6.92 Å². The summed E-state index contributed by atoms with van der Waals surface area (Å²) in [6.45, 7) is 4.03. The molecule has 100 valence electrons. The molecule has 1 aromatic carbocycles. The van der Waals surface area contributed by atoms with Crippen molar-refractivity contribution in [1.82, 2.24) is 0 Å². The molecule has 0 radical (unpaired) electrons. The Morgan fingerprint density at radius 1 is 1.06 bits per heavy atom. The number of ether oxygens (including phenoxy) is 3. The fourth-order valence-corrected chi connectivity index (χ4v) is 1.40. The van der Waals surface area contributed by atoms with Gasteiger partial charge in [-0.15, -0.1) is 0 Å². The van der Waals surface area contributed by atoms with Crippen LogP contribution in [0.2, 0.25) is 0 Å². The number of Topliss-reactive ketones (excluding diaryl/α,β-unsaturated/α-hetero) is 1. The van der Waals surface area contributed by atoms with Gasteiger partial charge in [-0.25, -0.2) is 0 Å². The van der Waals surface area contributed by atoms with Crippen LogP contribution in [0.1, 0.15) is 23.7 Å². The molecule has 0 saturated carbocycles. The van der Waals surface area contributed by atoms with Crippen LogP contribution in [-0.4, -0.2) is 39.3 Å². The van der Waals surface area contributed by atoms with Crippen LogP contribution in [-0.2, 0) is 9.47 Å². The first kappa shape index (κ1) is 14.7. The summed E-state index contributed by atoms with van der Waals surface area (Å²) in [5.41, 5.74) is 0.723. The van der Waals surface area contributed by atoms with Crippen molar-refractivity contribution in [3.63, 3.8) is 0 Å². The fourth-order valence-electron chi connectivity index (χ4n) is 1.40. The molecule has 1 rings (SSSR count). The van der Waals surface area contributed by atoms with E-state index in [0.717, 1.165) is 11.3 Å². The number of rotatable bonds is 9. The Balaban J connectivity index is 2.25. The van der Waals surface area contributed by atoms with E-state index in [2.05, 4.69) is 0 Å². The molecule has 0 spiro atoms. The van der Waals surface area contributed by atoms with Gasteiger partial charge in [-0.05, 0) is 24.3 Å². The van der Waals surface area contributed by atoms with Crippen LogP contribution in [0.15, 0.2) is 24.3 Å². The summed E-state index contributed by atoms with van der Waals surface area (Å²) in [6.07, 6.45) is 0.521. The van der Waals surface area contributed by atoms with Crippen molar-refractivity contribution >= 4 is 5.78 Å². The van der Waals surface area contributed by atoms with Crippen molar-refractivity contribution in [2.75, 3.05) is 33.5 Å². The second-order valence-corrected chi connectivity index (χ2v) is 3.75. The molecule has 0 aliphatic heterocycles. The van der Waals surface area contributed by atoms with E-state index in [-0.39, 0.29) is 5.78 Å². The molecule has 18 heavy (non-hydrogen) atoms. The second kappa shape index (κ2) is 8.66. The number of ketones is 1. The molecular formula is C14H20O4. The third kappa shape index (κ3) is 5.29. The lowest BCUT2D eigenvalue weighted by Gasteiger charge is -2.07. The maximum Gasteiger partial charge on any atom is 0.162 e. The predicted octanol–water partition coefficient (Wildman–Crippen LogP) is 2.32. The van der Waals surface area contributed by atoms with E-state index in [9.17, 15) is 4.79 Å². The first-order chi connectivity index (χ1) is 8.77. The molecule has 0 atom stereocenters. The zero-order valence-electron chi connectivity index (χ0n) is 11.0. The zero-order chi connectivity index (χ0) is 13.2. The van der Waals surface area contributed by atoms with Gasteiger partial charge < -0.3 is 14.2 Å². The van der Waals surface area contributed by atoms with E-state index >= 15 is 0 Å². The summed E-state index contributed by atoms with van der Waals surface area (Å²) in [4.78, 5) is 11.4. The monoisotopic (exact) mass is 252 g/mol. The quantitative estimate of drug-likeness (QED) is 0.500. The van der Waals surface area contributed by atoms with Crippen LogP contribution in [0.25, 0.3) is 0 Å². The lowest BCUT2D eigenvalue weighted by Crippen LogP contribution is -2.10.